The number of carbonyl (C=O) groups is 3. The highest BCUT2D eigenvalue weighted by Gasteiger charge is 2.64. The summed E-state index contributed by atoms with van der Waals surface area (Å²) in [7, 11) is -1.42. The van der Waals surface area contributed by atoms with Gasteiger partial charge in [-0.2, -0.15) is 0 Å². The molecule has 111 heavy (non-hydrogen) atoms. The van der Waals surface area contributed by atoms with Crippen molar-refractivity contribution in [1.82, 2.24) is 24.9 Å². The van der Waals surface area contributed by atoms with E-state index < -0.39 is 48.6 Å². The number of nitrogens with zero attached hydrogens (tertiary/aromatic N) is 7. The predicted octanol–water partition coefficient (Wildman–Crippen LogP) is 18.9. The standard InChI is InChI=1S/C28H27N3O2S.C17H26BNO4.C17H13IN2S.C12H24B2O4.C11H14BrNO2/c1-5-33-26(32)28(3,4)23-18-22(16-17-29-23)25-19(2)30-27(34-25)31-24(20-12-8-6-9-13-20)21-14-10-7-11-15-21;1-8-21-14(20)15(2,3)13-11-12(9-10-19-13)18-22-16(4,5)17(6,7)23-18;1-12-16(18)21-17(19-12)20-15(13-8-4-2-5-9-13)14-10-6-3-7-11-14;1-9(2)10(3,4)16-13(15-9)14-17-11(5,6)12(7,8)18-14;1-4-15-10(14)11(2,3)9-7-8(12)5-6-13-9/h6-18H,5H2,1-4H3;9-11H,8H2,1-7H3;2-11H,1H3;1-8H3;5-7H,4H2,1-3H3. The van der Waals surface area contributed by atoms with Crippen LogP contribution < -0.4 is 5.46 Å². The number of esters is 3. The lowest BCUT2D eigenvalue weighted by atomic mass is 9.49. The van der Waals surface area contributed by atoms with Gasteiger partial charge in [0.2, 0.25) is 10.3 Å². The summed E-state index contributed by atoms with van der Waals surface area (Å²) < 4.78 is 53.5. The molecule has 586 valence electrons. The van der Waals surface area contributed by atoms with E-state index in [0.29, 0.717) is 42.0 Å². The lowest BCUT2D eigenvalue weighted by molar-refractivity contribution is -0.149. The zero-order valence-corrected chi connectivity index (χ0v) is 73.6. The second kappa shape index (κ2) is 37.2. The predicted molar refractivity (Wildman–Crippen MR) is 459 cm³/mol. The molecule has 3 fully saturated rings. The van der Waals surface area contributed by atoms with Gasteiger partial charge in [-0.1, -0.05) is 160 Å². The molecule has 0 bridgehead atoms. The smallest absolute Gasteiger partial charge is 0.465 e. The zero-order chi connectivity index (χ0) is 81.7. The van der Waals surface area contributed by atoms with Crippen molar-refractivity contribution >= 4 is 127 Å². The zero-order valence-electron chi connectivity index (χ0n) is 68.2. The van der Waals surface area contributed by atoms with E-state index in [1.807, 2.05) is 220 Å². The molecule has 3 aliphatic heterocycles. The number of aryl methyl sites for hydroxylation is 2. The number of halogens is 2. The summed E-state index contributed by atoms with van der Waals surface area (Å²) in [6, 6.07) is 52.0. The fourth-order valence-corrected chi connectivity index (χ4v) is 13.8. The van der Waals surface area contributed by atoms with Crippen LogP contribution in [0.25, 0.3) is 10.4 Å². The highest BCUT2D eigenvalue weighted by atomic mass is 127. The van der Waals surface area contributed by atoms with Crippen molar-refractivity contribution in [2.24, 2.45) is 9.98 Å². The van der Waals surface area contributed by atoms with E-state index in [1.54, 1.807) is 78.4 Å². The molecule has 5 aromatic heterocycles. The summed E-state index contributed by atoms with van der Waals surface area (Å²) in [6.45, 7) is 45.6. The molecule has 0 saturated carbocycles. The summed E-state index contributed by atoms with van der Waals surface area (Å²) in [5, 5.41) is 1.48. The number of carbonyl (C=O) groups excluding carboxylic acids is 3. The third kappa shape index (κ3) is 22.1. The van der Waals surface area contributed by atoms with Gasteiger partial charge in [-0.25, -0.2) is 20.0 Å². The number of thiazole rings is 2. The van der Waals surface area contributed by atoms with Crippen molar-refractivity contribution in [2.75, 3.05) is 19.8 Å². The van der Waals surface area contributed by atoms with E-state index in [1.165, 1.54) is 14.2 Å². The minimum atomic E-state index is -0.848. The van der Waals surface area contributed by atoms with Crippen LogP contribution in [-0.2, 0) is 72.8 Å². The Balaban J connectivity index is 0.000000180. The van der Waals surface area contributed by atoms with Crippen molar-refractivity contribution in [3.63, 3.8) is 0 Å². The van der Waals surface area contributed by atoms with E-state index >= 15 is 0 Å². The molecular formula is C85H104B3BrIN7O12S2. The number of ether oxygens (including phenoxy) is 3. The molecule has 0 unspecified atom stereocenters. The molecule has 3 saturated heterocycles. The maximum atomic E-state index is 12.5. The Kier molecular flexibility index (Phi) is 29.8. The molecule has 12 rings (SSSR count). The first-order valence-electron chi connectivity index (χ1n) is 37.1. The topological polar surface area (TPSA) is 223 Å². The van der Waals surface area contributed by atoms with Crippen molar-refractivity contribution in [2.45, 2.75) is 209 Å². The number of aromatic nitrogens is 5. The Morgan fingerprint density at radius 3 is 1.10 bits per heavy atom. The van der Waals surface area contributed by atoms with Gasteiger partial charge < -0.3 is 42.1 Å². The van der Waals surface area contributed by atoms with Crippen LogP contribution in [0, 0.1) is 16.7 Å². The van der Waals surface area contributed by atoms with Crippen LogP contribution in [0.5, 0.6) is 0 Å². The normalized spacial score (nSPS) is 16.2. The van der Waals surface area contributed by atoms with Gasteiger partial charge in [0.25, 0.3) is 0 Å². The summed E-state index contributed by atoms with van der Waals surface area (Å²) in [5.74, 6) is -0.838. The maximum Gasteiger partial charge on any atom is 0.494 e. The van der Waals surface area contributed by atoms with Crippen LogP contribution in [0.1, 0.15) is 196 Å². The van der Waals surface area contributed by atoms with Crippen LogP contribution in [0.15, 0.2) is 191 Å². The highest BCUT2D eigenvalue weighted by molar-refractivity contribution is 14.1. The quantitative estimate of drug-likeness (QED) is 0.0256. The summed E-state index contributed by atoms with van der Waals surface area (Å²) >= 11 is 8.80. The minimum absolute atomic E-state index is 0.254. The Labute approximate surface area is 687 Å². The first-order valence-corrected chi connectivity index (χ1v) is 40.6. The lowest BCUT2D eigenvalue weighted by Gasteiger charge is -2.32. The average molecular weight is 1720 g/mol. The van der Waals surface area contributed by atoms with Crippen LogP contribution >= 0.6 is 61.2 Å². The molecule has 26 heteroatoms. The molecule has 0 radical (unpaired) electrons. The molecule has 0 spiro atoms. The summed E-state index contributed by atoms with van der Waals surface area (Å²) in [4.78, 5) is 69.4. The van der Waals surface area contributed by atoms with E-state index in [4.69, 9.17) is 57.1 Å². The van der Waals surface area contributed by atoms with Gasteiger partial charge in [-0.05, 0) is 229 Å². The fraction of sp³-hybridized carbons (Fsp3) is 0.412. The molecule has 0 N–H and O–H groups in total. The molecule has 9 aromatic rings. The first-order chi connectivity index (χ1) is 52.0. The Hall–Kier alpha value is -7.50. The van der Waals surface area contributed by atoms with Crippen LogP contribution in [0.4, 0.5) is 10.3 Å². The molecule has 8 heterocycles. The number of rotatable bonds is 18. The van der Waals surface area contributed by atoms with Crippen molar-refractivity contribution in [1.29, 1.82) is 0 Å². The number of hydrogen-bond acceptors (Lipinski definition) is 21. The Bertz CT molecular complexity index is 4510. The van der Waals surface area contributed by atoms with Crippen LogP contribution in [0.2, 0.25) is 0 Å². The minimum Gasteiger partial charge on any atom is -0.465 e. The van der Waals surface area contributed by atoms with E-state index in [-0.39, 0.29) is 40.3 Å². The number of hydrogen-bond donors (Lipinski definition) is 0. The van der Waals surface area contributed by atoms with Crippen molar-refractivity contribution in [3.05, 3.63) is 234 Å². The van der Waals surface area contributed by atoms with Gasteiger partial charge >= 0.3 is 39.0 Å². The largest absolute Gasteiger partial charge is 0.494 e. The third-order valence-electron chi connectivity index (χ3n) is 20.2. The number of aliphatic imine (C=N–C) groups is 2. The van der Waals surface area contributed by atoms with Crippen molar-refractivity contribution < 1.29 is 56.5 Å². The third-order valence-corrected chi connectivity index (χ3v) is 24.1. The second-order valence-electron chi connectivity index (χ2n) is 31.3. The van der Waals surface area contributed by atoms with E-state index in [9.17, 15) is 14.4 Å². The van der Waals surface area contributed by atoms with Gasteiger partial charge in [0, 0.05) is 45.3 Å². The summed E-state index contributed by atoms with van der Waals surface area (Å²) in [6.07, 6.45) is 5.07. The molecular weight excluding hydrogens is 1610 g/mol. The van der Waals surface area contributed by atoms with Crippen LogP contribution in [-0.4, -0.2) is 129 Å². The average Bonchev–Trinajstić information content (AvgIpc) is 1.63. The monoisotopic (exact) mass is 1720 g/mol. The van der Waals surface area contributed by atoms with Gasteiger partial charge in [0.1, 0.15) is 16.2 Å². The molecule has 19 nitrogen and oxygen atoms in total. The Morgan fingerprint density at radius 2 is 0.757 bits per heavy atom. The molecule has 4 aromatic carbocycles. The van der Waals surface area contributed by atoms with E-state index in [0.717, 1.165) is 70.6 Å². The Morgan fingerprint density at radius 1 is 0.441 bits per heavy atom. The van der Waals surface area contributed by atoms with Crippen LogP contribution in [0.3, 0.4) is 0 Å². The lowest BCUT2D eigenvalue weighted by Crippen LogP contribution is -2.41. The summed E-state index contributed by atoms with van der Waals surface area (Å²) in [5.41, 5.74) is 7.22. The number of pyridine rings is 3. The van der Waals surface area contributed by atoms with Gasteiger partial charge in [-0.15, -0.1) is 0 Å². The SMILES string of the molecule is CC1(C)OB(B2OC(C)(C)C(C)(C)O2)OC1(C)C.CCOC(=O)C(C)(C)c1cc(-c2sc(N=C(c3ccccc3)c3ccccc3)nc2C)ccn1.CCOC(=O)C(C)(C)c1cc(B2OC(C)(C)C(C)(C)O2)ccn1.CCOC(=O)C(C)(C)c1cc(Br)ccn1.Cc1nc(N=C(c2ccccc2)c2ccccc2)sc1I. The second-order valence-corrected chi connectivity index (χ2v) is 36.0. The van der Waals surface area contributed by atoms with Crippen molar-refractivity contribution in [3.8, 4) is 10.4 Å². The van der Waals surface area contributed by atoms with Gasteiger partial charge in [0.05, 0.1) is 101 Å². The molecule has 0 aliphatic carbocycles. The highest BCUT2D eigenvalue weighted by Crippen LogP contribution is 2.44. The first kappa shape index (κ1) is 89.1. The molecule has 0 atom stereocenters. The molecule has 3 aliphatic rings. The number of benzene rings is 4. The molecule has 0 amide bonds. The fourth-order valence-electron chi connectivity index (χ4n) is 11.1. The maximum absolute atomic E-state index is 12.5. The van der Waals surface area contributed by atoms with Gasteiger partial charge in [0.15, 0.2) is 0 Å². The van der Waals surface area contributed by atoms with E-state index in [2.05, 4.69) is 107 Å². The van der Waals surface area contributed by atoms with Gasteiger partial charge in [-0.3, -0.25) is 29.3 Å².